The maximum atomic E-state index is 11.8. The van der Waals surface area contributed by atoms with E-state index in [-0.39, 0.29) is 5.91 Å². The van der Waals surface area contributed by atoms with Gasteiger partial charge in [0.1, 0.15) is 10.9 Å². The van der Waals surface area contributed by atoms with Crippen molar-refractivity contribution in [2.75, 3.05) is 5.32 Å². The molecule has 0 saturated carbocycles. The van der Waals surface area contributed by atoms with Gasteiger partial charge in [-0.2, -0.15) is 5.26 Å². The molecule has 2 rings (SSSR count). The first-order chi connectivity index (χ1) is 8.20. The van der Waals surface area contributed by atoms with Crippen LogP contribution in [-0.2, 0) is 0 Å². The molecule has 0 spiro atoms. The largest absolute Gasteiger partial charge is 0.320 e. The fourth-order valence-electron chi connectivity index (χ4n) is 1.23. The lowest BCUT2D eigenvalue weighted by molar-refractivity contribution is 0.103. The highest BCUT2D eigenvalue weighted by Gasteiger charge is 2.10. The van der Waals surface area contributed by atoms with Crippen LogP contribution in [0.25, 0.3) is 0 Å². The molecule has 0 bridgehead atoms. The van der Waals surface area contributed by atoms with Gasteiger partial charge in [0, 0.05) is 4.47 Å². The van der Waals surface area contributed by atoms with Crippen LogP contribution in [0.5, 0.6) is 0 Å². The lowest BCUT2D eigenvalue weighted by atomic mass is 10.2. The minimum Gasteiger partial charge on any atom is -0.320 e. The molecule has 1 N–H and O–H groups in total. The zero-order valence-corrected chi connectivity index (χ0v) is 10.9. The second-order valence-corrected chi connectivity index (χ2v) is 4.92. The fourth-order valence-corrected chi connectivity index (χ4v) is 2.11. The number of benzene rings is 1. The molecule has 0 unspecified atom stereocenters. The monoisotopic (exact) mass is 307 g/mol. The van der Waals surface area contributed by atoms with Crippen LogP contribution in [0.15, 0.2) is 34.4 Å². The quantitative estimate of drug-likeness (QED) is 0.927. The van der Waals surface area contributed by atoms with Crippen LogP contribution in [0, 0.1) is 11.3 Å². The van der Waals surface area contributed by atoms with Crippen LogP contribution in [0.2, 0.25) is 0 Å². The molecule has 2 aromatic rings. The van der Waals surface area contributed by atoms with Crippen LogP contribution < -0.4 is 5.32 Å². The van der Waals surface area contributed by atoms with Gasteiger partial charge >= 0.3 is 0 Å². The van der Waals surface area contributed by atoms with E-state index in [0.29, 0.717) is 16.1 Å². The molecule has 17 heavy (non-hydrogen) atoms. The molecule has 84 valence electrons. The van der Waals surface area contributed by atoms with Gasteiger partial charge in [0.25, 0.3) is 5.91 Å². The molecule has 1 aromatic heterocycles. The van der Waals surface area contributed by atoms with E-state index in [0.717, 1.165) is 4.47 Å². The Labute approximate surface area is 110 Å². The topological polar surface area (TPSA) is 65.8 Å². The molecule has 1 heterocycles. The molecule has 0 saturated heterocycles. The van der Waals surface area contributed by atoms with Crippen molar-refractivity contribution in [3.05, 3.63) is 44.8 Å². The van der Waals surface area contributed by atoms with E-state index in [4.69, 9.17) is 5.26 Å². The molecule has 6 heteroatoms. The Morgan fingerprint density at radius 2 is 2.35 bits per heavy atom. The van der Waals surface area contributed by atoms with E-state index in [2.05, 4.69) is 26.2 Å². The molecule has 1 aromatic carbocycles. The van der Waals surface area contributed by atoms with Gasteiger partial charge in [0.2, 0.25) is 0 Å². The number of aromatic nitrogens is 1. The predicted octanol–water partition coefficient (Wildman–Crippen LogP) is 3.03. The van der Waals surface area contributed by atoms with Gasteiger partial charge in [0.05, 0.1) is 23.0 Å². The Hall–Kier alpha value is -1.71. The fraction of sp³-hybridized carbons (Fsp3) is 0. The van der Waals surface area contributed by atoms with Crippen molar-refractivity contribution in [2.24, 2.45) is 0 Å². The summed E-state index contributed by atoms with van der Waals surface area (Å²) < 4.78 is 0.796. The molecule has 0 aliphatic rings. The Bertz CT molecular complexity index is 589. The third kappa shape index (κ3) is 2.70. The number of halogens is 1. The number of carbonyl (C=O) groups is 1. The molecule has 1 amide bonds. The Balaban J connectivity index is 2.25. The number of hydrogen-bond donors (Lipinski definition) is 1. The number of amides is 1. The summed E-state index contributed by atoms with van der Waals surface area (Å²) in [7, 11) is 0. The van der Waals surface area contributed by atoms with Crippen LogP contribution in [0.4, 0.5) is 5.69 Å². The van der Waals surface area contributed by atoms with Crippen LogP contribution in [0.1, 0.15) is 15.2 Å². The summed E-state index contributed by atoms with van der Waals surface area (Å²) in [5.74, 6) is -0.258. The van der Waals surface area contributed by atoms with Crippen LogP contribution in [0.3, 0.4) is 0 Å². The van der Waals surface area contributed by atoms with Crippen molar-refractivity contribution in [1.29, 1.82) is 5.26 Å². The summed E-state index contributed by atoms with van der Waals surface area (Å²) in [6.07, 6.45) is 1.49. The lowest BCUT2D eigenvalue weighted by Gasteiger charge is -2.05. The summed E-state index contributed by atoms with van der Waals surface area (Å²) in [6.45, 7) is 0. The highest BCUT2D eigenvalue weighted by Crippen LogP contribution is 2.21. The number of carbonyl (C=O) groups excluding carboxylic acids is 1. The first-order valence-electron chi connectivity index (χ1n) is 4.60. The van der Waals surface area contributed by atoms with Gasteiger partial charge in [-0.05, 0) is 18.2 Å². The third-order valence-corrected chi connectivity index (χ3v) is 3.27. The predicted molar refractivity (Wildman–Crippen MR) is 68.9 cm³/mol. The maximum Gasteiger partial charge on any atom is 0.267 e. The molecule has 0 aliphatic heterocycles. The van der Waals surface area contributed by atoms with Crippen LogP contribution in [-0.4, -0.2) is 10.9 Å². The minimum atomic E-state index is -0.258. The van der Waals surface area contributed by atoms with Crippen molar-refractivity contribution in [3.8, 4) is 6.07 Å². The van der Waals surface area contributed by atoms with Crippen molar-refractivity contribution in [1.82, 2.24) is 4.98 Å². The van der Waals surface area contributed by atoms with Crippen molar-refractivity contribution >= 4 is 38.9 Å². The van der Waals surface area contributed by atoms with Crippen LogP contribution >= 0.6 is 27.3 Å². The Morgan fingerprint density at radius 3 is 3.00 bits per heavy atom. The van der Waals surface area contributed by atoms with E-state index in [1.807, 2.05) is 6.07 Å². The van der Waals surface area contributed by atoms with Crippen molar-refractivity contribution in [2.45, 2.75) is 0 Å². The maximum absolute atomic E-state index is 11.8. The van der Waals surface area contributed by atoms with Crippen molar-refractivity contribution in [3.63, 3.8) is 0 Å². The van der Waals surface area contributed by atoms with Gasteiger partial charge in [-0.15, -0.1) is 11.3 Å². The second-order valence-electron chi connectivity index (χ2n) is 3.12. The van der Waals surface area contributed by atoms with Crippen molar-refractivity contribution < 1.29 is 4.79 Å². The molecular formula is C11H6BrN3OS. The highest BCUT2D eigenvalue weighted by atomic mass is 79.9. The first-order valence-corrected chi connectivity index (χ1v) is 6.27. The van der Waals surface area contributed by atoms with Gasteiger partial charge in [-0.1, -0.05) is 15.9 Å². The summed E-state index contributed by atoms with van der Waals surface area (Å²) in [6, 6.07) is 7.13. The number of thiazole rings is 1. The molecule has 4 nitrogen and oxygen atoms in total. The first kappa shape index (κ1) is 11.8. The number of nitriles is 1. The van der Waals surface area contributed by atoms with Gasteiger partial charge < -0.3 is 5.32 Å². The van der Waals surface area contributed by atoms with Gasteiger partial charge in [-0.25, -0.2) is 0 Å². The summed E-state index contributed by atoms with van der Waals surface area (Å²) in [5, 5.41) is 11.6. The number of anilines is 1. The second kappa shape index (κ2) is 5.08. The zero-order chi connectivity index (χ0) is 12.3. The minimum absolute atomic E-state index is 0.258. The average molecular weight is 308 g/mol. The van der Waals surface area contributed by atoms with E-state index < -0.39 is 0 Å². The average Bonchev–Trinajstić information content (AvgIpc) is 2.85. The van der Waals surface area contributed by atoms with E-state index in [9.17, 15) is 4.79 Å². The summed E-state index contributed by atoms with van der Waals surface area (Å²) in [4.78, 5) is 16.1. The van der Waals surface area contributed by atoms with Gasteiger partial charge in [0.15, 0.2) is 0 Å². The molecule has 0 radical (unpaired) electrons. The van der Waals surface area contributed by atoms with E-state index >= 15 is 0 Å². The number of nitrogens with one attached hydrogen (secondary N) is 1. The highest BCUT2D eigenvalue weighted by molar-refractivity contribution is 9.10. The smallest absolute Gasteiger partial charge is 0.267 e. The third-order valence-electron chi connectivity index (χ3n) is 2.01. The lowest BCUT2D eigenvalue weighted by Crippen LogP contribution is -2.11. The van der Waals surface area contributed by atoms with E-state index in [1.165, 1.54) is 17.5 Å². The molecule has 0 fully saturated rings. The number of rotatable bonds is 2. The summed E-state index contributed by atoms with van der Waals surface area (Å²) >= 11 is 4.52. The summed E-state index contributed by atoms with van der Waals surface area (Å²) in [5.41, 5.74) is 2.49. The SMILES string of the molecule is N#Cc1cc(Br)ccc1NC(=O)c1cncs1. The van der Waals surface area contributed by atoms with Gasteiger partial charge in [-0.3, -0.25) is 9.78 Å². The number of nitrogens with zero attached hydrogens (tertiary/aromatic N) is 2. The normalized spacial score (nSPS) is 9.65. The van der Waals surface area contributed by atoms with E-state index in [1.54, 1.807) is 23.7 Å². The zero-order valence-electron chi connectivity index (χ0n) is 8.48. The Kier molecular flexibility index (Phi) is 3.52. The number of hydrogen-bond acceptors (Lipinski definition) is 4. The molecule has 0 atom stereocenters. The molecular weight excluding hydrogens is 302 g/mol. The standard InChI is InChI=1S/C11H6BrN3OS/c12-8-1-2-9(7(3-8)4-13)15-11(16)10-5-14-6-17-10/h1-3,5-6H,(H,15,16). The Morgan fingerprint density at radius 1 is 1.53 bits per heavy atom. The molecule has 0 aliphatic carbocycles.